The van der Waals surface area contributed by atoms with E-state index in [0.29, 0.717) is 26.6 Å². The zero-order chi connectivity index (χ0) is 44.6. The van der Waals surface area contributed by atoms with Gasteiger partial charge in [-0.15, -0.1) is 0 Å². The normalized spacial score (nSPS) is 13.4. The number of nitrogens with zero attached hydrogens (tertiary/aromatic N) is 1. The van der Waals surface area contributed by atoms with Gasteiger partial charge in [0.05, 0.1) is 25.3 Å². The highest BCUT2D eigenvalue weighted by atomic mass is 28.3. The summed E-state index contributed by atoms with van der Waals surface area (Å²) in [5, 5.41) is 5.88. The van der Waals surface area contributed by atoms with Crippen molar-refractivity contribution >= 4 is 48.6 Å². The third kappa shape index (κ3) is 25.7. The Kier molecular flexibility index (Phi) is 23.1. The van der Waals surface area contributed by atoms with E-state index in [1.807, 2.05) is 102 Å². The molecule has 338 valence electrons. The van der Waals surface area contributed by atoms with E-state index >= 15 is 0 Å². The van der Waals surface area contributed by atoms with Crippen molar-refractivity contribution in [2.24, 2.45) is 0 Å². The van der Waals surface area contributed by atoms with Crippen molar-refractivity contribution in [1.82, 2.24) is 15.2 Å². The molecule has 0 fully saturated rings. The second-order valence-electron chi connectivity index (χ2n) is 18.8. The van der Waals surface area contributed by atoms with Gasteiger partial charge in [0.1, 0.15) is 33.5 Å². The summed E-state index contributed by atoms with van der Waals surface area (Å²) in [6.45, 7) is 24.0. The quantitative estimate of drug-likeness (QED) is 0.0398. The molecule has 1 aromatic heterocycles. The van der Waals surface area contributed by atoms with Crippen LogP contribution < -0.4 is 10.6 Å². The fraction of sp³-hybridized carbons (Fsp3) is 0.522. The van der Waals surface area contributed by atoms with Gasteiger partial charge >= 0.3 is 12.2 Å². The Hall–Kier alpha value is -3.81. The lowest BCUT2D eigenvalue weighted by molar-refractivity contribution is -0.0526. The first kappa shape index (κ1) is 51.5. The van der Waals surface area contributed by atoms with E-state index in [4.69, 9.17) is 33.2 Å². The molecule has 2 N–H and O–H groups in total. The number of amides is 2. The maximum Gasteiger partial charge on any atom is 0.408 e. The van der Waals surface area contributed by atoms with Crippen molar-refractivity contribution in [3.63, 3.8) is 0 Å². The Balaban J connectivity index is 1.81. The molecule has 12 nitrogen and oxygen atoms in total. The van der Waals surface area contributed by atoms with Gasteiger partial charge in [0, 0.05) is 56.4 Å². The molecule has 0 saturated heterocycles. The van der Waals surface area contributed by atoms with Crippen LogP contribution >= 0.6 is 0 Å². The molecule has 3 aromatic rings. The van der Waals surface area contributed by atoms with Crippen molar-refractivity contribution in [3.8, 4) is 0 Å². The van der Waals surface area contributed by atoms with Gasteiger partial charge in [0.25, 0.3) is 0 Å². The smallest absolute Gasteiger partial charge is 0.408 e. The van der Waals surface area contributed by atoms with E-state index in [1.165, 1.54) is 0 Å². The van der Waals surface area contributed by atoms with Gasteiger partial charge in [0.2, 0.25) is 0 Å². The van der Waals surface area contributed by atoms with Crippen LogP contribution in [0, 0.1) is 0 Å². The third-order valence-electron chi connectivity index (χ3n) is 9.15. The summed E-state index contributed by atoms with van der Waals surface area (Å²) in [6, 6.07) is 21.1. The van der Waals surface area contributed by atoms with E-state index in [-0.39, 0.29) is 40.0 Å². The zero-order valence-corrected chi connectivity index (χ0v) is 41.2. The minimum Gasteiger partial charge on any atom is -0.445 e. The van der Waals surface area contributed by atoms with Crippen LogP contribution in [0.25, 0.3) is 12.2 Å². The number of carbonyl (C=O) groups is 2. The Morgan fingerprint density at radius 3 is 1.31 bits per heavy atom. The molecule has 1 heterocycles. The van der Waals surface area contributed by atoms with Gasteiger partial charge in [-0.05, 0) is 40.4 Å². The summed E-state index contributed by atoms with van der Waals surface area (Å²) in [4.78, 5) is 26.0. The Morgan fingerprint density at radius 1 is 0.557 bits per heavy atom. The van der Waals surface area contributed by atoms with E-state index in [1.54, 1.807) is 0 Å². The van der Waals surface area contributed by atoms with Gasteiger partial charge in [-0.1, -0.05) is 144 Å². The Bertz CT molecular complexity index is 1620. The monoisotopic (exact) mass is 895 g/mol. The molecule has 0 radical (unpaired) electrons. The number of hydrogen-bond acceptors (Lipinski definition) is 9. The lowest BCUT2D eigenvalue weighted by atomic mass is 10.1. The highest BCUT2D eigenvalue weighted by Crippen LogP contribution is 2.18. The molecule has 0 bridgehead atoms. The van der Waals surface area contributed by atoms with Crippen molar-refractivity contribution < 1.29 is 42.7 Å². The van der Waals surface area contributed by atoms with Gasteiger partial charge in [-0.25, -0.2) is 9.59 Å². The summed E-state index contributed by atoms with van der Waals surface area (Å²) >= 11 is 0. The average Bonchev–Trinajstić information content (AvgIpc) is 3.59. The van der Waals surface area contributed by atoms with E-state index < -0.39 is 48.5 Å². The van der Waals surface area contributed by atoms with Crippen LogP contribution in [0.4, 0.5) is 9.59 Å². The predicted octanol–water partition coefficient (Wildman–Crippen LogP) is 10.1. The third-order valence-corrected chi connectivity index (χ3v) is 14.3. The van der Waals surface area contributed by atoms with Crippen LogP contribution in [0.3, 0.4) is 0 Å². The van der Waals surface area contributed by atoms with Crippen molar-refractivity contribution in [2.45, 2.75) is 109 Å². The number of carbonyl (C=O) groups excluding carboxylic acids is 2. The molecule has 0 aliphatic carbocycles. The number of ether oxygens (including phenoxy) is 7. The average molecular weight is 896 g/mol. The number of nitrogens with one attached hydrogen (secondary N) is 2. The fourth-order valence-electron chi connectivity index (χ4n) is 5.35. The van der Waals surface area contributed by atoms with Gasteiger partial charge < -0.3 is 48.4 Å². The molecule has 0 unspecified atom stereocenters. The zero-order valence-electron chi connectivity index (χ0n) is 38.2. The van der Waals surface area contributed by atoms with Crippen LogP contribution in [0.5, 0.6) is 0 Å². The summed E-state index contributed by atoms with van der Waals surface area (Å²) < 4.78 is 42.5. The standard InChI is InChI=1S/C46H73N3O9Si3/c1-59(2,3)27-24-52-36-49-30-41(20-22-43(34-55-37-53-25-28-60(4,5)6)47-45(50)57-32-39-16-12-10-13-17-39)42(31-49)21-23-44(35-56-38-54-26-29-61(7,8)9)48-46(51)58-33-40-18-14-11-15-19-40/h10-23,30-31,43-44H,24-29,32-38H2,1-9H3,(H,47,50)(H,48,51)/b22-20+,23-21+/t43-,44-/m1/s1. The molecule has 0 aliphatic heterocycles. The van der Waals surface area contributed by atoms with Crippen molar-refractivity contribution in [3.05, 3.63) is 107 Å². The summed E-state index contributed by atoms with van der Waals surface area (Å²) in [5.41, 5.74) is 3.50. The molecule has 2 amide bonds. The lowest BCUT2D eigenvalue weighted by Gasteiger charge is -2.18. The second kappa shape index (κ2) is 27.3. The Labute approximate surface area is 368 Å². The van der Waals surface area contributed by atoms with Crippen LogP contribution in [0.15, 0.2) is 85.2 Å². The summed E-state index contributed by atoms with van der Waals surface area (Å²) in [6.07, 6.45) is 10.5. The molecule has 61 heavy (non-hydrogen) atoms. The van der Waals surface area contributed by atoms with Crippen LogP contribution in [0.2, 0.25) is 77.1 Å². The first-order valence-electron chi connectivity index (χ1n) is 21.3. The maximum absolute atomic E-state index is 13.0. The van der Waals surface area contributed by atoms with Crippen LogP contribution in [0.1, 0.15) is 22.3 Å². The fourth-order valence-corrected chi connectivity index (χ4v) is 7.62. The van der Waals surface area contributed by atoms with Gasteiger partial charge in [0.15, 0.2) is 0 Å². The number of hydrogen-bond donors (Lipinski definition) is 2. The number of alkyl carbamates (subject to hydrolysis) is 2. The van der Waals surface area contributed by atoms with E-state index in [2.05, 4.69) is 69.6 Å². The minimum absolute atomic E-state index is 0.113. The van der Waals surface area contributed by atoms with Crippen molar-refractivity contribution in [2.75, 3.05) is 46.6 Å². The molecule has 2 atom stereocenters. The number of aromatic nitrogens is 1. The lowest BCUT2D eigenvalue weighted by Crippen LogP contribution is -2.37. The van der Waals surface area contributed by atoms with Crippen LogP contribution in [-0.4, -0.2) is 99.7 Å². The molecular formula is C46H73N3O9Si3. The van der Waals surface area contributed by atoms with Crippen molar-refractivity contribution in [1.29, 1.82) is 0 Å². The first-order chi connectivity index (χ1) is 28.9. The molecular weight excluding hydrogens is 823 g/mol. The van der Waals surface area contributed by atoms with Gasteiger partial charge in [-0.3, -0.25) is 0 Å². The Morgan fingerprint density at radius 2 is 0.934 bits per heavy atom. The highest BCUT2D eigenvalue weighted by Gasteiger charge is 2.17. The van der Waals surface area contributed by atoms with E-state index in [9.17, 15) is 9.59 Å². The topological polar surface area (TPSA) is 128 Å². The molecule has 2 aromatic carbocycles. The number of benzene rings is 2. The highest BCUT2D eigenvalue weighted by molar-refractivity contribution is 6.76. The summed E-state index contributed by atoms with van der Waals surface area (Å²) in [5.74, 6) is 0. The second-order valence-corrected chi connectivity index (χ2v) is 35.7. The van der Waals surface area contributed by atoms with Gasteiger partial charge in [-0.2, -0.15) is 0 Å². The number of rotatable bonds is 29. The molecule has 0 spiro atoms. The first-order valence-corrected chi connectivity index (χ1v) is 32.5. The molecule has 15 heteroatoms. The maximum atomic E-state index is 13.0. The predicted molar refractivity (Wildman–Crippen MR) is 254 cm³/mol. The largest absolute Gasteiger partial charge is 0.445 e. The van der Waals surface area contributed by atoms with Crippen LogP contribution in [-0.2, 0) is 53.1 Å². The molecule has 3 rings (SSSR count). The molecule has 0 aliphatic rings. The summed E-state index contributed by atoms with van der Waals surface area (Å²) in [7, 11) is -3.76. The SMILES string of the molecule is C[Si](C)(C)CCOCOC[C@@H](/C=C/c1cn(COCC[Si](C)(C)C)cc1/C=C/[C@H](COCOCC[Si](C)(C)C)NC(=O)OCc1ccccc1)NC(=O)OCc1ccccc1. The van der Waals surface area contributed by atoms with E-state index in [0.717, 1.165) is 40.4 Å². The minimum atomic E-state index is -1.27. The molecule has 0 saturated carbocycles.